The summed E-state index contributed by atoms with van der Waals surface area (Å²) in [4.78, 5) is 4.93. The van der Waals surface area contributed by atoms with E-state index in [1.165, 1.54) is 0 Å². The van der Waals surface area contributed by atoms with Gasteiger partial charge in [-0.25, -0.2) is 13.4 Å². The van der Waals surface area contributed by atoms with E-state index in [0.29, 0.717) is 17.7 Å². The standard InChI is InChI=1S/C23H23N3O3S.CH4O3S/c1-14-7-5-9-17-21(14)25-22-15(2)8-6-10-18(22)23(17)24-19-12-11-16(13-20(19)29-3)26-30(4,27)28;1-5(2,3)4/h5-13,26H,1-4H3,(H,24,25);1H3,(H,2,3,4). The highest BCUT2D eigenvalue weighted by molar-refractivity contribution is 7.92. The third kappa shape index (κ3) is 6.81. The number of rotatable bonds is 5. The van der Waals surface area contributed by atoms with E-state index in [1.54, 1.807) is 25.3 Å². The Hall–Kier alpha value is -3.41. The highest BCUT2D eigenvalue weighted by atomic mass is 32.2. The molecule has 4 aromatic rings. The molecule has 0 bridgehead atoms. The lowest BCUT2D eigenvalue weighted by atomic mass is 10.0. The van der Waals surface area contributed by atoms with Gasteiger partial charge in [0, 0.05) is 16.8 Å². The van der Waals surface area contributed by atoms with E-state index in [1.807, 2.05) is 24.3 Å². The van der Waals surface area contributed by atoms with Crippen molar-refractivity contribution in [3.05, 3.63) is 65.7 Å². The van der Waals surface area contributed by atoms with E-state index in [-0.39, 0.29) is 0 Å². The smallest absolute Gasteiger partial charge is 0.261 e. The van der Waals surface area contributed by atoms with Crippen molar-refractivity contribution in [2.75, 3.05) is 29.7 Å². The number of hydrogen-bond acceptors (Lipinski definition) is 7. The number of nitrogens with zero attached hydrogens (tertiary/aromatic N) is 1. The Morgan fingerprint density at radius 1 is 0.857 bits per heavy atom. The van der Waals surface area contributed by atoms with Crippen LogP contribution in [0.5, 0.6) is 5.75 Å². The quantitative estimate of drug-likeness (QED) is 0.258. The SMILES string of the molecule is COc1cc(NS(C)(=O)=O)ccc1Nc1c2cccc(C)c2nc2c(C)cccc12.CS(=O)(=O)O. The Kier molecular flexibility index (Phi) is 7.53. The first-order valence-corrected chi connectivity index (χ1v) is 14.1. The molecule has 11 heteroatoms. The van der Waals surface area contributed by atoms with Crippen LogP contribution in [0, 0.1) is 13.8 Å². The molecule has 35 heavy (non-hydrogen) atoms. The topological polar surface area (TPSA) is 135 Å². The average molecular weight is 518 g/mol. The molecule has 3 aromatic carbocycles. The number of methoxy groups -OCH3 is 1. The summed E-state index contributed by atoms with van der Waals surface area (Å²) in [6, 6.07) is 17.4. The molecule has 0 amide bonds. The average Bonchev–Trinajstić information content (AvgIpc) is 2.73. The predicted molar refractivity (Wildman–Crippen MR) is 141 cm³/mol. The molecule has 1 heterocycles. The Labute approximate surface area is 205 Å². The van der Waals surface area contributed by atoms with E-state index in [4.69, 9.17) is 14.3 Å². The number of hydrogen-bond donors (Lipinski definition) is 3. The van der Waals surface area contributed by atoms with Crippen molar-refractivity contribution in [1.82, 2.24) is 4.98 Å². The first-order valence-electron chi connectivity index (χ1n) is 10.4. The molecule has 0 aliphatic heterocycles. The minimum atomic E-state index is -3.67. The third-order valence-corrected chi connectivity index (χ3v) is 5.61. The molecule has 3 N–H and O–H groups in total. The van der Waals surface area contributed by atoms with Crippen LogP contribution in [0.3, 0.4) is 0 Å². The molecule has 0 aliphatic rings. The second-order valence-electron chi connectivity index (χ2n) is 8.08. The van der Waals surface area contributed by atoms with Gasteiger partial charge in [0.25, 0.3) is 10.1 Å². The summed E-state index contributed by atoms with van der Waals surface area (Å²) in [5.41, 5.74) is 6.18. The number of anilines is 3. The summed E-state index contributed by atoms with van der Waals surface area (Å²) in [6.07, 6.45) is 1.83. The fourth-order valence-corrected chi connectivity index (χ4v) is 4.17. The van der Waals surface area contributed by atoms with Gasteiger partial charge in [-0.05, 0) is 37.1 Å². The Morgan fingerprint density at radius 3 is 1.83 bits per heavy atom. The van der Waals surface area contributed by atoms with E-state index < -0.39 is 20.1 Å². The number of benzene rings is 3. The van der Waals surface area contributed by atoms with Gasteiger partial charge in [-0.15, -0.1) is 0 Å². The van der Waals surface area contributed by atoms with Crippen molar-refractivity contribution in [1.29, 1.82) is 0 Å². The number of nitrogens with one attached hydrogen (secondary N) is 2. The van der Waals surface area contributed by atoms with Crippen molar-refractivity contribution < 1.29 is 26.1 Å². The van der Waals surface area contributed by atoms with Crippen LogP contribution >= 0.6 is 0 Å². The summed E-state index contributed by atoms with van der Waals surface area (Å²) in [7, 11) is -5.48. The van der Waals surface area contributed by atoms with Gasteiger partial charge in [-0.3, -0.25) is 9.27 Å². The van der Waals surface area contributed by atoms with Gasteiger partial charge in [0.1, 0.15) is 5.75 Å². The van der Waals surface area contributed by atoms with Crippen molar-refractivity contribution in [3.63, 3.8) is 0 Å². The molecular formula is C24H27N3O6S2. The molecule has 0 spiro atoms. The Balaban J connectivity index is 0.000000623. The maximum atomic E-state index is 11.6. The van der Waals surface area contributed by atoms with Crippen molar-refractivity contribution in [3.8, 4) is 5.75 Å². The minimum absolute atomic E-state index is 0.441. The second kappa shape index (κ2) is 10.1. The molecule has 0 saturated carbocycles. The minimum Gasteiger partial charge on any atom is -0.494 e. The zero-order valence-electron chi connectivity index (χ0n) is 19.9. The first-order chi connectivity index (χ1) is 16.3. The zero-order valence-corrected chi connectivity index (χ0v) is 21.6. The van der Waals surface area contributed by atoms with Crippen LogP contribution in [0.2, 0.25) is 0 Å². The molecule has 0 radical (unpaired) electrons. The fourth-order valence-electron chi connectivity index (χ4n) is 3.62. The first kappa shape index (κ1) is 26.2. The number of ether oxygens (including phenoxy) is 1. The largest absolute Gasteiger partial charge is 0.494 e. The highest BCUT2D eigenvalue weighted by Crippen LogP contribution is 2.38. The van der Waals surface area contributed by atoms with Crippen LogP contribution in [-0.4, -0.2) is 46.0 Å². The van der Waals surface area contributed by atoms with E-state index in [0.717, 1.165) is 50.6 Å². The lowest BCUT2D eigenvalue weighted by Crippen LogP contribution is -2.09. The van der Waals surface area contributed by atoms with Crippen molar-refractivity contribution in [2.24, 2.45) is 0 Å². The van der Waals surface area contributed by atoms with Crippen LogP contribution in [0.15, 0.2) is 54.6 Å². The van der Waals surface area contributed by atoms with E-state index >= 15 is 0 Å². The Bertz CT molecular complexity index is 1550. The van der Waals surface area contributed by atoms with Crippen LogP contribution in [0.4, 0.5) is 17.1 Å². The molecular weight excluding hydrogens is 490 g/mol. The van der Waals surface area contributed by atoms with Crippen LogP contribution in [-0.2, 0) is 20.1 Å². The van der Waals surface area contributed by atoms with Gasteiger partial charge in [0.05, 0.1) is 47.7 Å². The van der Waals surface area contributed by atoms with Gasteiger partial charge in [0.2, 0.25) is 10.0 Å². The molecule has 0 saturated heterocycles. The van der Waals surface area contributed by atoms with Gasteiger partial charge in [-0.1, -0.05) is 36.4 Å². The summed E-state index contributed by atoms with van der Waals surface area (Å²) in [5.74, 6) is 0.530. The van der Waals surface area contributed by atoms with Crippen LogP contribution in [0.25, 0.3) is 21.8 Å². The highest BCUT2D eigenvalue weighted by Gasteiger charge is 2.15. The summed E-state index contributed by atoms with van der Waals surface area (Å²) in [6.45, 7) is 4.10. The third-order valence-electron chi connectivity index (χ3n) is 5.00. The maximum Gasteiger partial charge on any atom is 0.261 e. The van der Waals surface area contributed by atoms with Crippen LogP contribution in [0.1, 0.15) is 11.1 Å². The van der Waals surface area contributed by atoms with E-state index in [2.05, 4.69) is 36.0 Å². The van der Waals surface area contributed by atoms with E-state index in [9.17, 15) is 16.8 Å². The lowest BCUT2D eigenvalue weighted by Gasteiger charge is -2.17. The number of sulfonamides is 1. The molecule has 4 rings (SSSR count). The number of fused-ring (bicyclic) bond motifs is 2. The van der Waals surface area contributed by atoms with Gasteiger partial charge >= 0.3 is 0 Å². The molecule has 9 nitrogen and oxygen atoms in total. The second-order valence-corrected chi connectivity index (χ2v) is 11.3. The summed E-state index contributed by atoms with van der Waals surface area (Å²) >= 11 is 0. The molecule has 0 fully saturated rings. The van der Waals surface area contributed by atoms with Gasteiger partial charge in [0.15, 0.2) is 0 Å². The normalized spacial score (nSPS) is 11.6. The number of pyridine rings is 1. The van der Waals surface area contributed by atoms with Gasteiger partial charge < -0.3 is 10.1 Å². The molecule has 0 aliphatic carbocycles. The number of para-hydroxylation sites is 2. The lowest BCUT2D eigenvalue weighted by molar-refractivity contribution is 0.417. The van der Waals surface area contributed by atoms with Crippen molar-refractivity contribution in [2.45, 2.75) is 13.8 Å². The summed E-state index contributed by atoms with van der Waals surface area (Å²) < 4.78 is 57.0. The molecule has 0 unspecified atom stereocenters. The zero-order chi connectivity index (χ0) is 26.0. The van der Waals surface area contributed by atoms with Gasteiger partial charge in [-0.2, -0.15) is 8.42 Å². The Morgan fingerprint density at radius 2 is 1.37 bits per heavy atom. The number of aromatic nitrogens is 1. The monoisotopic (exact) mass is 517 g/mol. The number of aryl methyl sites for hydroxylation is 2. The predicted octanol–water partition coefficient (Wildman–Crippen LogP) is 4.63. The molecule has 0 atom stereocenters. The molecule has 186 valence electrons. The van der Waals surface area contributed by atoms with Crippen LogP contribution < -0.4 is 14.8 Å². The maximum absolute atomic E-state index is 11.6. The fraction of sp³-hybridized carbons (Fsp3) is 0.208. The van der Waals surface area contributed by atoms with Crippen molar-refractivity contribution >= 4 is 59.0 Å². The molecule has 1 aromatic heterocycles. The summed E-state index contributed by atoms with van der Waals surface area (Å²) in [5, 5.41) is 5.53.